The molecule has 4 amide bonds. The summed E-state index contributed by atoms with van der Waals surface area (Å²) < 4.78 is 0. The largest absolute Gasteiger partial charge is 0.480 e. The average Bonchev–Trinajstić information content (AvgIpc) is 3.35. The first-order chi connectivity index (χ1) is 20.3. The summed E-state index contributed by atoms with van der Waals surface area (Å²) >= 11 is 0. The van der Waals surface area contributed by atoms with E-state index in [9.17, 15) is 24.0 Å². The minimum atomic E-state index is -1.22. The Morgan fingerprint density at radius 3 is 2.19 bits per heavy atom. The molecule has 0 aliphatic rings. The van der Waals surface area contributed by atoms with Gasteiger partial charge in [-0.15, -0.1) is 0 Å². The number of unbranched alkanes of at least 4 members (excludes halogenated alkanes) is 1. The summed E-state index contributed by atoms with van der Waals surface area (Å²) in [4.78, 5) is 66.6. The molecule has 4 atom stereocenters. The van der Waals surface area contributed by atoms with E-state index in [1.807, 2.05) is 44.3 Å². The van der Waals surface area contributed by atoms with Crippen LogP contribution in [0.15, 0.2) is 30.5 Å². The molecule has 1 aromatic carbocycles. The fraction of sp³-hybridized carbons (Fsp3) is 0.567. The second-order valence-electron chi connectivity index (χ2n) is 11.5. The van der Waals surface area contributed by atoms with Crippen LogP contribution in [0.1, 0.15) is 58.9 Å². The maximum Gasteiger partial charge on any atom is 0.322 e. The standard InChI is InChI=1S/C30H47N7O6/c1-17(2)13-24(36-27(40)21(32)14-19-15-33-22-10-6-5-9-20(19)22)29(42)37-26(18(3)4)30(43)35-23(11-7-8-12-31)28(41)34-16-25(38)39/h5-6,9-10,15,17-18,21,23-24,26,33H,7-8,11-14,16,31-32H2,1-4H3,(H,34,41)(H,35,43)(H,36,40)(H,37,42)(H,38,39). The van der Waals surface area contributed by atoms with E-state index in [0.29, 0.717) is 25.8 Å². The van der Waals surface area contributed by atoms with Crippen molar-refractivity contribution in [3.63, 3.8) is 0 Å². The summed E-state index contributed by atoms with van der Waals surface area (Å²) in [5.74, 6) is -3.83. The van der Waals surface area contributed by atoms with Crippen LogP contribution in [0.2, 0.25) is 0 Å². The van der Waals surface area contributed by atoms with Crippen LogP contribution < -0.4 is 32.7 Å². The van der Waals surface area contributed by atoms with Crippen molar-refractivity contribution < 1.29 is 29.1 Å². The van der Waals surface area contributed by atoms with E-state index < -0.39 is 60.3 Å². The number of H-pyrrole nitrogens is 1. The number of fused-ring (bicyclic) bond motifs is 1. The topological polar surface area (TPSA) is 222 Å². The molecule has 43 heavy (non-hydrogen) atoms. The molecule has 0 aliphatic heterocycles. The van der Waals surface area contributed by atoms with Gasteiger partial charge < -0.3 is 42.8 Å². The van der Waals surface area contributed by atoms with Crippen LogP contribution in [0.3, 0.4) is 0 Å². The van der Waals surface area contributed by atoms with Gasteiger partial charge in [0.05, 0.1) is 6.04 Å². The average molecular weight is 602 g/mol. The summed E-state index contributed by atoms with van der Waals surface area (Å²) in [6.45, 7) is 7.11. The van der Waals surface area contributed by atoms with Crippen molar-refractivity contribution in [2.75, 3.05) is 13.1 Å². The van der Waals surface area contributed by atoms with Crippen LogP contribution in [0, 0.1) is 11.8 Å². The Morgan fingerprint density at radius 2 is 1.56 bits per heavy atom. The number of benzene rings is 1. The Balaban J connectivity index is 2.12. The summed E-state index contributed by atoms with van der Waals surface area (Å²) in [5.41, 5.74) is 13.6. The van der Waals surface area contributed by atoms with E-state index in [1.54, 1.807) is 13.8 Å². The molecule has 0 saturated heterocycles. The molecular weight excluding hydrogens is 554 g/mol. The number of aromatic amines is 1. The minimum Gasteiger partial charge on any atom is -0.480 e. The number of nitrogens with two attached hydrogens (primary N) is 2. The van der Waals surface area contributed by atoms with Crippen molar-refractivity contribution in [3.05, 3.63) is 36.0 Å². The molecule has 10 N–H and O–H groups in total. The number of nitrogens with one attached hydrogen (secondary N) is 5. The van der Waals surface area contributed by atoms with Crippen LogP contribution in [0.5, 0.6) is 0 Å². The fourth-order valence-electron chi connectivity index (χ4n) is 4.71. The number of carbonyl (C=O) groups excluding carboxylic acids is 4. The monoisotopic (exact) mass is 601 g/mol. The van der Waals surface area contributed by atoms with Gasteiger partial charge in [-0.05, 0) is 62.1 Å². The number of amides is 4. The predicted octanol–water partition coefficient (Wildman–Crippen LogP) is 0.524. The lowest BCUT2D eigenvalue weighted by Gasteiger charge is -2.28. The zero-order chi connectivity index (χ0) is 32.1. The molecule has 0 bridgehead atoms. The number of aliphatic carboxylic acids is 1. The molecule has 1 aromatic heterocycles. The van der Waals surface area contributed by atoms with Gasteiger partial charge in [-0.2, -0.15) is 0 Å². The van der Waals surface area contributed by atoms with E-state index in [2.05, 4.69) is 26.3 Å². The third kappa shape index (κ3) is 11.3. The first-order valence-corrected chi connectivity index (χ1v) is 14.7. The van der Waals surface area contributed by atoms with Gasteiger partial charge in [0.2, 0.25) is 23.6 Å². The fourth-order valence-corrected chi connectivity index (χ4v) is 4.71. The number of hydrogen-bond acceptors (Lipinski definition) is 7. The highest BCUT2D eigenvalue weighted by Crippen LogP contribution is 2.19. The van der Waals surface area contributed by atoms with Crippen LogP contribution in [0.4, 0.5) is 0 Å². The SMILES string of the molecule is CC(C)CC(NC(=O)C(N)Cc1c[nH]c2ccccc12)C(=O)NC(C(=O)NC(CCCCN)C(=O)NCC(=O)O)C(C)C. The Hall–Kier alpha value is -3.97. The number of carboxylic acid groups (broad SMARTS) is 1. The van der Waals surface area contributed by atoms with Gasteiger partial charge in [0, 0.05) is 17.1 Å². The summed E-state index contributed by atoms with van der Waals surface area (Å²) in [7, 11) is 0. The quantitative estimate of drug-likeness (QED) is 0.112. The Bertz CT molecular complexity index is 1240. The minimum absolute atomic E-state index is 0.0390. The van der Waals surface area contributed by atoms with Gasteiger partial charge >= 0.3 is 5.97 Å². The normalized spacial score (nSPS) is 14.1. The maximum atomic E-state index is 13.4. The maximum absolute atomic E-state index is 13.4. The molecule has 2 aromatic rings. The second kappa shape index (κ2) is 17.2. The van der Waals surface area contributed by atoms with Crippen molar-refractivity contribution in [1.82, 2.24) is 26.3 Å². The first-order valence-electron chi connectivity index (χ1n) is 14.7. The molecule has 0 aliphatic carbocycles. The van der Waals surface area contributed by atoms with Crippen molar-refractivity contribution in [2.24, 2.45) is 23.3 Å². The molecule has 13 nitrogen and oxygen atoms in total. The lowest BCUT2D eigenvalue weighted by Crippen LogP contribution is -2.59. The van der Waals surface area contributed by atoms with E-state index in [0.717, 1.165) is 16.5 Å². The van der Waals surface area contributed by atoms with E-state index in [1.165, 1.54) is 0 Å². The molecular formula is C30H47N7O6. The molecule has 0 spiro atoms. The van der Waals surface area contributed by atoms with Crippen molar-refractivity contribution in [2.45, 2.75) is 84.0 Å². The number of para-hydroxylation sites is 1. The number of rotatable bonds is 18. The Kier molecular flexibility index (Phi) is 14.1. The third-order valence-electron chi connectivity index (χ3n) is 7.03. The molecule has 0 saturated carbocycles. The highest BCUT2D eigenvalue weighted by Gasteiger charge is 2.32. The number of carbonyl (C=O) groups is 5. The molecule has 2 rings (SSSR count). The lowest BCUT2D eigenvalue weighted by atomic mass is 9.98. The number of hydrogen-bond donors (Lipinski definition) is 8. The second-order valence-corrected chi connectivity index (χ2v) is 11.5. The van der Waals surface area contributed by atoms with Crippen molar-refractivity contribution >= 4 is 40.5 Å². The molecule has 0 radical (unpaired) electrons. The molecule has 13 heteroatoms. The first kappa shape index (κ1) is 35.2. The van der Waals surface area contributed by atoms with Crippen molar-refractivity contribution in [1.29, 1.82) is 0 Å². The molecule has 238 valence electrons. The Labute approximate surface area is 252 Å². The van der Waals surface area contributed by atoms with Crippen LogP contribution in [0.25, 0.3) is 10.9 Å². The third-order valence-corrected chi connectivity index (χ3v) is 7.03. The van der Waals surface area contributed by atoms with Gasteiger partial charge in [0.1, 0.15) is 24.7 Å². The van der Waals surface area contributed by atoms with E-state index in [-0.39, 0.29) is 24.7 Å². The Morgan fingerprint density at radius 1 is 0.884 bits per heavy atom. The zero-order valence-corrected chi connectivity index (χ0v) is 25.4. The van der Waals surface area contributed by atoms with Crippen LogP contribution >= 0.6 is 0 Å². The number of aromatic nitrogens is 1. The van der Waals surface area contributed by atoms with Crippen LogP contribution in [-0.4, -0.2) is 76.9 Å². The smallest absolute Gasteiger partial charge is 0.322 e. The van der Waals surface area contributed by atoms with E-state index >= 15 is 0 Å². The summed E-state index contributed by atoms with van der Waals surface area (Å²) in [6, 6.07) is 3.79. The molecule has 1 heterocycles. The van der Waals surface area contributed by atoms with Gasteiger partial charge in [0.25, 0.3) is 0 Å². The van der Waals surface area contributed by atoms with Crippen LogP contribution in [-0.2, 0) is 30.4 Å². The molecule has 4 unspecified atom stereocenters. The highest BCUT2D eigenvalue weighted by molar-refractivity contribution is 5.95. The zero-order valence-electron chi connectivity index (χ0n) is 25.4. The van der Waals surface area contributed by atoms with Gasteiger partial charge in [-0.25, -0.2) is 0 Å². The van der Waals surface area contributed by atoms with Gasteiger partial charge in [-0.1, -0.05) is 45.9 Å². The molecule has 0 fully saturated rings. The number of carboxylic acids is 1. The van der Waals surface area contributed by atoms with Crippen molar-refractivity contribution in [3.8, 4) is 0 Å². The van der Waals surface area contributed by atoms with E-state index in [4.69, 9.17) is 16.6 Å². The highest BCUT2D eigenvalue weighted by atomic mass is 16.4. The summed E-state index contributed by atoms with van der Waals surface area (Å²) in [6.07, 6.45) is 3.77. The summed E-state index contributed by atoms with van der Waals surface area (Å²) in [5, 5.41) is 20.3. The van der Waals surface area contributed by atoms with Gasteiger partial charge in [0.15, 0.2) is 0 Å². The van der Waals surface area contributed by atoms with Gasteiger partial charge in [-0.3, -0.25) is 24.0 Å². The predicted molar refractivity (Wildman–Crippen MR) is 164 cm³/mol. The lowest BCUT2D eigenvalue weighted by molar-refractivity contribution is -0.138.